The Balaban J connectivity index is 1.38. The van der Waals surface area contributed by atoms with Gasteiger partial charge in [-0.15, -0.1) is 0 Å². The molecule has 188 valence electrons. The zero-order valence-corrected chi connectivity index (χ0v) is 21.0. The molecule has 0 radical (unpaired) electrons. The van der Waals surface area contributed by atoms with Crippen LogP contribution in [0.4, 0.5) is 17.1 Å². The van der Waals surface area contributed by atoms with Crippen molar-refractivity contribution in [1.29, 1.82) is 0 Å². The van der Waals surface area contributed by atoms with Gasteiger partial charge in [0.2, 0.25) is 0 Å². The number of sulfonamides is 1. The summed E-state index contributed by atoms with van der Waals surface area (Å²) in [6.07, 6.45) is 0. The monoisotopic (exact) mass is 505 g/mol. The first-order chi connectivity index (χ1) is 17.5. The van der Waals surface area contributed by atoms with Crippen molar-refractivity contribution in [2.45, 2.75) is 4.90 Å². The van der Waals surface area contributed by atoms with Crippen LogP contribution in [0.5, 0.6) is 0 Å². The average Bonchev–Trinajstić information content (AvgIpc) is 2.94. The van der Waals surface area contributed by atoms with Gasteiger partial charge in [-0.3, -0.25) is 9.52 Å². The van der Waals surface area contributed by atoms with E-state index in [9.17, 15) is 13.2 Å². The molecule has 9 heteroatoms. The number of rotatable bonds is 6. The maximum atomic E-state index is 13.4. The van der Waals surface area contributed by atoms with Crippen LogP contribution in [0.15, 0.2) is 83.8 Å². The van der Waals surface area contributed by atoms with Crippen LogP contribution < -0.4 is 19.8 Å². The smallest absolute Gasteiger partial charge is 0.261 e. The van der Waals surface area contributed by atoms with Crippen LogP contribution in [-0.4, -0.2) is 71.6 Å². The zero-order chi connectivity index (χ0) is 25.0. The minimum absolute atomic E-state index is 0.0882. The molecule has 3 aromatic rings. The van der Waals surface area contributed by atoms with E-state index in [2.05, 4.69) is 32.0 Å². The Hall–Kier alpha value is -3.56. The molecule has 5 rings (SSSR count). The second-order valence-electron chi connectivity index (χ2n) is 9.00. The zero-order valence-electron chi connectivity index (χ0n) is 20.1. The lowest BCUT2D eigenvalue weighted by Crippen LogP contribution is -2.48. The molecule has 0 atom stereocenters. The van der Waals surface area contributed by atoms with Gasteiger partial charge in [-0.05, 0) is 42.5 Å². The van der Waals surface area contributed by atoms with Crippen molar-refractivity contribution in [2.75, 3.05) is 66.9 Å². The summed E-state index contributed by atoms with van der Waals surface area (Å²) in [6, 6.07) is 23.8. The predicted molar refractivity (Wildman–Crippen MR) is 143 cm³/mol. The van der Waals surface area contributed by atoms with Gasteiger partial charge in [-0.25, -0.2) is 8.42 Å². The molecular formula is C27H31N5O3S. The Morgan fingerprint density at radius 1 is 0.750 bits per heavy atom. The molecule has 0 aliphatic carbocycles. The molecule has 2 N–H and O–H groups in total. The molecule has 0 saturated carbocycles. The molecule has 0 bridgehead atoms. The first-order valence-corrected chi connectivity index (χ1v) is 13.8. The predicted octanol–water partition coefficient (Wildman–Crippen LogP) is 2.86. The van der Waals surface area contributed by atoms with Gasteiger partial charge in [0.15, 0.2) is 0 Å². The number of hydrogen-bond donors (Lipinski definition) is 2. The maximum Gasteiger partial charge on any atom is 0.261 e. The number of nitrogens with zero attached hydrogens (tertiary/aromatic N) is 3. The summed E-state index contributed by atoms with van der Waals surface area (Å²) in [5, 5.41) is 3.32. The fraction of sp³-hybridized carbons (Fsp3) is 0.296. The highest BCUT2D eigenvalue weighted by molar-refractivity contribution is 7.92. The molecule has 0 spiro atoms. The molecule has 1 amide bonds. The highest BCUT2D eigenvalue weighted by Crippen LogP contribution is 2.30. The summed E-state index contributed by atoms with van der Waals surface area (Å²) in [5.74, 6) is -0.0882. The molecule has 2 heterocycles. The Morgan fingerprint density at radius 3 is 2.06 bits per heavy atom. The number of benzene rings is 3. The van der Waals surface area contributed by atoms with Crippen LogP contribution in [0, 0.1) is 0 Å². The van der Waals surface area contributed by atoms with Crippen molar-refractivity contribution in [3.8, 4) is 0 Å². The van der Waals surface area contributed by atoms with E-state index in [1.165, 1.54) is 0 Å². The topological polar surface area (TPSA) is 85.0 Å². The summed E-state index contributed by atoms with van der Waals surface area (Å²) in [5.41, 5.74) is 2.84. The molecule has 2 fully saturated rings. The fourth-order valence-electron chi connectivity index (χ4n) is 4.72. The minimum atomic E-state index is -3.80. The molecule has 2 aliphatic heterocycles. The Kier molecular flexibility index (Phi) is 7.11. The highest BCUT2D eigenvalue weighted by atomic mass is 32.2. The summed E-state index contributed by atoms with van der Waals surface area (Å²) in [6.45, 7) is 5.87. The average molecular weight is 506 g/mol. The highest BCUT2D eigenvalue weighted by Gasteiger charge is 2.25. The second-order valence-corrected chi connectivity index (χ2v) is 10.7. The van der Waals surface area contributed by atoms with E-state index in [1.807, 2.05) is 35.2 Å². The van der Waals surface area contributed by atoms with Crippen molar-refractivity contribution in [2.24, 2.45) is 0 Å². The Labute approximate surface area is 212 Å². The number of anilines is 3. The van der Waals surface area contributed by atoms with Gasteiger partial charge in [0.05, 0.1) is 16.3 Å². The molecular weight excluding hydrogens is 474 g/mol. The maximum absolute atomic E-state index is 13.4. The Morgan fingerprint density at radius 2 is 1.39 bits per heavy atom. The molecule has 8 nitrogen and oxygen atoms in total. The van der Waals surface area contributed by atoms with E-state index in [-0.39, 0.29) is 10.8 Å². The number of hydrogen-bond acceptors (Lipinski definition) is 6. The van der Waals surface area contributed by atoms with Gasteiger partial charge >= 0.3 is 0 Å². The minimum Gasteiger partial charge on any atom is -0.368 e. The summed E-state index contributed by atoms with van der Waals surface area (Å²) >= 11 is 0. The van der Waals surface area contributed by atoms with E-state index in [4.69, 9.17) is 0 Å². The number of nitrogens with one attached hydrogen (secondary N) is 2. The van der Waals surface area contributed by atoms with Crippen LogP contribution >= 0.6 is 0 Å². The lowest BCUT2D eigenvalue weighted by molar-refractivity contribution is 0.0747. The number of amides is 1. The summed E-state index contributed by atoms with van der Waals surface area (Å²) in [7, 11) is -3.80. The normalized spacial score (nSPS) is 16.6. The van der Waals surface area contributed by atoms with Gasteiger partial charge in [0.25, 0.3) is 15.9 Å². The molecule has 2 saturated heterocycles. The first kappa shape index (κ1) is 24.1. The molecule has 0 unspecified atom stereocenters. The van der Waals surface area contributed by atoms with E-state index in [1.54, 1.807) is 36.4 Å². The van der Waals surface area contributed by atoms with E-state index < -0.39 is 10.0 Å². The third-order valence-corrected chi connectivity index (χ3v) is 8.07. The van der Waals surface area contributed by atoms with Crippen molar-refractivity contribution < 1.29 is 13.2 Å². The van der Waals surface area contributed by atoms with Crippen LogP contribution in [0.1, 0.15) is 10.4 Å². The fourth-order valence-corrected chi connectivity index (χ4v) is 5.81. The SMILES string of the molecule is O=C(c1ccc(N2CCNCC2)c(NS(=O)(=O)c2ccccc2)c1)N1CCN(c2ccccc2)CC1. The molecule has 3 aromatic carbocycles. The van der Waals surface area contributed by atoms with Crippen LogP contribution in [0.3, 0.4) is 0 Å². The lowest BCUT2D eigenvalue weighted by Gasteiger charge is -2.36. The Bertz CT molecular complexity index is 1290. The van der Waals surface area contributed by atoms with E-state index in [0.717, 1.165) is 50.6 Å². The number of carbonyl (C=O) groups excluding carboxylic acids is 1. The molecule has 0 aromatic heterocycles. The van der Waals surface area contributed by atoms with Crippen molar-refractivity contribution in [1.82, 2.24) is 10.2 Å². The van der Waals surface area contributed by atoms with Gasteiger partial charge in [0, 0.05) is 63.6 Å². The van der Waals surface area contributed by atoms with E-state index in [0.29, 0.717) is 24.3 Å². The number of carbonyl (C=O) groups is 1. The first-order valence-electron chi connectivity index (χ1n) is 12.3. The van der Waals surface area contributed by atoms with Crippen molar-refractivity contribution in [3.05, 3.63) is 84.4 Å². The van der Waals surface area contributed by atoms with Crippen molar-refractivity contribution in [3.63, 3.8) is 0 Å². The van der Waals surface area contributed by atoms with Crippen molar-refractivity contribution >= 4 is 33.0 Å². The van der Waals surface area contributed by atoms with Gasteiger partial charge < -0.3 is 20.0 Å². The summed E-state index contributed by atoms with van der Waals surface area (Å²) in [4.78, 5) is 19.9. The van der Waals surface area contributed by atoms with Crippen LogP contribution in [0.2, 0.25) is 0 Å². The number of para-hydroxylation sites is 1. The summed E-state index contributed by atoms with van der Waals surface area (Å²) < 4.78 is 29.1. The van der Waals surface area contributed by atoms with Crippen LogP contribution in [-0.2, 0) is 10.0 Å². The third-order valence-electron chi connectivity index (χ3n) is 6.69. The standard InChI is InChI=1S/C27H31N5O3S/c33-27(32-19-17-30(18-20-32)23-7-3-1-4-8-23)22-11-12-26(31-15-13-28-14-16-31)25(21-22)29-36(34,35)24-9-5-2-6-10-24/h1-12,21,28-29H,13-20H2. The van der Waals surface area contributed by atoms with Gasteiger partial charge in [-0.1, -0.05) is 36.4 Å². The largest absolute Gasteiger partial charge is 0.368 e. The van der Waals surface area contributed by atoms with E-state index >= 15 is 0 Å². The lowest BCUT2D eigenvalue weighted by atomic mass is 10.1. The quantitative estimate of drug-likeness (QED) is 0.536. The second kappa shape index (κ2) is 10.6. The van der Waals surface area contributed by atoms with Gasteiger partial charge in [-0.2, -0.15) is 0 Å². The molecule has 2 aliphatic rings. The van der Waals surface area contributed by atoms with Gasteiger partial charge in [0.1, 0.15) is 0 Å². The third kappa shape index (κ3) is 5.32. The van der Waals surface area contributed by atoms with Crippen LogP contribution in [0.25, 0.3) is 0 Å². The number of piperazine rings is 2. The molecule has 36 heavy (non-hydrogen) atoms.